The third-order valence-electron chi connectivity index (χ3n) is 13.3. The molecule has 0 amide bonds. The molecule has 0 spiro atoms. The molecule has 14 rings (SSSR count). The second-order valence-corrected chi connectivity index (χ2v) is 19.0. The van der Waals surface area contributed by atoms with Crippen LogP contribution in [0.2, 0.25) is 0 Å². The molecule has 0 atom stereocenters. The van der Waals surface area contributed by atoms with E-state index in [1.54, 1.807) is 11.8 Å². The molecule has 2 aliphatic heterocycles. The minimum Gasteiger partial charge on any atom is -0.453 e. The van der Waals surface area contributed by atoms with E-state index < -0.39 is 0 Å². The molecule has 10 heteroatoms. The predicted octanol–water partition coefficient (Wildman–Crippen LogP) is 16.7. The summed E-state index contributed by atoms with van der Waals surface area (Å²) in [7, 11) is 0. The summed E-state index contributed by atoms with van der Waals surface area (Å²) in [5.41, 5.74) is 10.8. The van der Waals surface area contributed by atoms with Crippen molar-refractivity contribution in [1.29, 1.82) is 0 Å². The van der Waals surface area contributed by atoms with Crippen LogP contribution in [-0.2, 0) is 0 Å². The summed E-state index contributed by atoms with van der Waals surface area (Å²) in [4.78, 5) is 38.7. The van der Waals surface area contributed by atoms with Crippen LogP contribution in [0.1, 0.15) is 0 Å². The number of anilines is 6. The van der Waals surface area contributed by atoms with Crippen molar-refractivity contribution in [3.8, 4) is 79.8 Å². The van der Waals surface area contributed by atoms with E-state index in [1.165, 1.54) is 0 Å². The Balaban J connectivity index is 1.13. The summed E-state index contributed by atoms with van der Waals surface area (Å²) < 4.78 is 6.61. The SMILES string of the molecule is c1ccc(-c2nc(-c3ccccc3)nc(-c3cc(-c4nc(-c5ccccc5)nc(-c5ccccc5)n4)c4cc(N5c6ccccc6Oc6ccccc65)cc(N5c6ccccc6Sc6ccccc65)c4c3)n2)cc1. The lowest BCUT2D eigenvalue weighted by Gasteiger charge is -2.36. The molecule has 348 valence electrons. The van der Waals surface area contributed by atoms with Crippen molar-refractivity contribution in [1.82, 2.24) is 29.9 Å². The average Bonchev–Trinajstić information content (AvgIpc) is 3.48. The molecule has 0 bridgehead atoms. The first-order chi connectivity index (χ1) is 36.7. The van der Waals surface area contributed by atoms with Gasteiger partial charge < -0.3 is 14.5 Å². The number of benzene rings is 10. The van der Waals surface area contributed by atoms with Gasteiger partial charge in [-0.05, 0) is 78.2 Å². The molecule has 12 aromatic rings. The zero-order chi connectivity index (χ0) is 49.0. The molecule has 0 unspecified atom stereocenters. The fourth-order valence-electron chi connectivity index (χ4n) is 9.87. The van der Waals surface area contributed by atoms with E-state index in [0.717, 1.165) is 99.6 Å². The first-order valence-electron chi connectivity index (χ1n) is 24.4. The topological polar surface area (TPSA) is 93.0 Å². The van der Waals surface area contributed by atoms with Gasteiger partial charge in [-0.25, -0.2) is 29.9 Å². The van der Waals surface area contributed by atoms with Crippen LogP contribution in [0.25, 0.3) is 79.1 Å². The second-order valence-electron chi connectivity index (χ2n) is 17.9. The minimum atomic E-state index is 0.492. The van der Waals surface area contributed by atoms with Gasteiger partial charge in [0.25, 0.3) is 0 Å². The molecule has 10 aromatic carbocycles. The number of nitrogens with zero attached hydrogens (tertiary/aromatic N) is 8. The van der Waals surface area contributed by atoms with Crippen molar-refractivity contribution < 1.29 is 4.74 Å². The van der Waals surface area contributed by atoms with Gasteiger partial charge in [-0.15, -0.1) is 0 Å². The summed E-state index contributed by atoms with van der Waals surface area (Å²) in [6.07, 6.45) is 0. The average molecular weight is 969 g/mol. The quantitative estimate of drug-likeness (QED) is 0.147. The molecule has 0 saturated heterocycles. The Hall–Kier alpha value is -9.77. The Morgan fingerprint density at radius 1 is 0.284 bits per heavy atom. The van der Waals surface area contributed by atoms with Crippen molar-refractivity contribution in [2.45, 2.75) is 9.79 Å². The number of hydrogen-bond donors (Lipinski definition) is 0. The third kappa shape index (κ3) is 7.69. The summed E-state index contributed by atoms with van der Waals surface area (Å²) in [5.74, 6) is 4.72. The highest BCUT2D eigenvalue weighted by molar-refractivity contribution is 7.99. The highest BCUT2D eigenvalue weighted by atomic mass is 32.2. The zero-order valence-electron chi connectivity index (χ0n) is 39.5. The highest BCUT2D eigenvalue weighted by Gasteiger charge is 2.31. The Morgan fingerprint density at radius 2 is 0.662 bits per heavy atom. The molecule has 2 aliphatic rings. The Morgan fingerprint density at radius 3 is 1.12 bits per heavy atom. The Kier molecular flexibility index (Phi) is 10.5. The molecule has 74 heavy (non-hydrogen) atoms. The summed E-state index contributed by atoms with van der Waals surface area (Å²) >= 11 is 1.78. The fraction of sp³-hybridized carbons (Fsp3) is 0. The summed E-state index contributed by atoms with van der Waals surface area (Å²) in [6.45, 7) is 0. The van der Waals surface area contributed by atoms with Crippen LogP contribution in [0.4, 0.5) is 34.1 Å². The van der Waals surface area contributed by atoms with Crippen LogP contribution in [0.3, 0.4) is 0 Å². The molecular weight excluding hydrogens is 929 g/mol. The first-order valence-corrected chi connectivity index (χ1v) is 25.2. The van der Waals surface area contributed by atoms with Crippen LogP contribution in [0.5, 0.6) is 11.5 Å². The maximum Gasteiger partial charge on any atom is 0.164 e. The van der Waals surface area contributed by atoms with Crippen molar-refractivity contribution in [3.63, 3.8) is 0 Å². The van der Waals surface area contributed by atoms with Crippen molar-refractivity contribution in [3.05, 3.63) is 243 Å². The number of hydrogen-bond acceptors (Lipinski definition) is 10. The van der Waals surface area contributed by atoms with Crippen molar-refractivity contribution in [2.75, 3.05) is 9.80 Å². The number of ether oxygens (including phenoxy) is 1. The number of aromatic nitrogens is 6. The molecule has 0 fully saturated rings. The lowest BCUT2D eigenvalue weighted by Crippen LogP contribution is -2.18. The van der Waals surface area contributed by atoms with Gasteiger partial charge in [0.05, 0.1) is 28.4 Å². The minimum absolute atomic E-state index is 0.492. The lowest BCUT2D eigenvalue weighted by atomic mass is 9.95. The summed E-state index contributed by atoms with van der Waals surface area (Å²) in [6, 6.07) is 82.9. The number of para-hydroxylation sites is 6. The smallest absolute Gasteiger partial charge is 0.164 e. The molecular formula is C64H40N8OS. The van der Waals surface area contributed by atoms with Crippen molar-refractivity contribution in [2.24, 2.45) is 0 Å². The second kappa shape index (κ2) is 18.1. The lowest BCUT2D eigenvalue weighted by molar-refractivity contribution is 0.477. The van der Waals surface area contributed by atoms with Gasteiger partial charge in [-0.1, -0.05) is 182 Å². The molecule has 0 aliphatic carbocycles. The van der Waals surface area contributed by atoms with Gasteiger partial charge in [-0.2, -0.15) is 0 Å². The molecule has 9 nitrogen and oxygen atoms in total. The van der Waals surface area contributed by atoms with E-state index in [2.05, 4.69) is 107 Å². The molecule has 0 saturated carbocycles. The monoisotopic (exact) mass is 968 g/mol. The van der Waals surface area contributed by atoms with E-state index in [1.807, 2.05) is 146 Å². The van der Waals surface area contributed by atoms with E-state index in [-0.39, 0.29) is 0 Å². The molecule has 0 N–H and O–H groups in total. The molecule has 2 aromatic heterocycles. The van der Waals surface area contributed by atoms with Crippen LogP contribution in [0, 0.1) is 0 Å². The maximum atomic E-state index is 6.61. The van der Waals surface area contributed by atoms with Crippen LogP contribution in [-0.4, -0.2) is 29.9 Å². The van der Waals surface area contributed by atoms with Crippen LogP contribution >= 0.6 is 11.8 Å². The van der Waals surface area contributed by atoms with Gasteiger partial charge in [0.2, 0.25) is 0 Å². The Bertz CT molecular complexity index is 3900. The van der Waals surface area contributed by atoms with E-state index >= 15 is 0 Å². The third-order valence-corrected chi connectivity index (χ3v) is 14.4. The standard InChI is InChI=1S/C64H40N8OS/c1-5-21-41(22-6-1)59-65-60(42-23-7-2-8-24-42)68-63(67-59)45-37-48-47(49(38-45)64-69-61(43-25-9-3-10-26-43)66-62(70-64)44-27-11-4-12-28-44)39-46(71-50-29-13-17-33-55(50)73-56-34-18-14-30-51(56)71)40-54(48)72-52-31-15-19-35-57(52)74-58-36-20-16-32-53(58)72/h1-40H. The normalized spacial score (nSPS) is 12.3. The van der Waals surface area contributed by atoms with E-state index in [4.69, 9.17) is 34.6 Å². The van der Waals surface area contributed by atoms with Gasteiger partial charge in [0.1, 0.15) is 0 Å². The predicted molar refractivity (Wildman–Crippen MR) is 297 cm³/mol. The van der Waals surface area contributed by atoms with Gasteiger partial charge >= 0.3 is 0 Å². The maximum absolute atomic E-state index is 6.61. The fourth-order valence-corrected chi connectivity index (χ4v) is 10.9. The first kappa shape index (κ1) is 43.1. The number of rotatable bonds is 8. The van der Waals surface area contributed by atoms with E-state index in [0.29, 0.717) is 34.9 Å². The van der Waals surface area contributed by atoms with Gasteiger partial charge in [0, 0.05) is 54.2 Å². The molecule has 4 heterocycles. The van der Waals surface area contributed by atoms with Crippen LogP contribution < -0.4 is 14.5 Å². The summed E-state index contributed by atoms with van der Waals surface area (Å²) in [5, 5.41) is 1.83. The van der Waals surface area contributed by atoms with Gasteiger partial charge in [-0.3, -0.25) is 0 Å². The van der Waals surface area contributed by atoms with E-state index in [9.17, 15) is 0 Å². The highest BCUT2D eigenvalue weighted by Crippen LogP contribution is 2.56. The largest absolute Gasteiger partial charge is 0.453 e. The Labute approximate surface area is 431 Å². The van der Waals surface area contributed by atoms with Gasteiger partial charge in [0.15, 0.2) is 46.4 Å². The van der Waals surface area contributed by atoms with Crippen molar-refractivity contribution >= 4 is 56.7 Å². The number of fused-ring (bicyclic) bond motifs is 5. The zero-order valence-corrected chi connectivity index (χ0v) is 40.3. The van der Waals surface area contributed by atoms with Crippen LogP contribution in [0.15, 0.2) is 252 Å². The molecule has 0 radical (unpaired) electrons.